The van der Waals surface area contributed by atoms with Crippen molar-refractivity contribution in [1.29, 1.82) is 0 Å². The number of para-hydroxylation sites is 1. The van der Waals surface area contributed by atoms with Crippen LogP contribution in [0.1, 0.15) is 36.0 Å². The predicted octanol–water partition coefficient (Wildman–Crippen LogP) is 3.49. The SMILES string of the molecule is CN(C)c1nc(N[C@H]2CC[C@@H](CNC(=O)c3ccncc3)CC2)nc2ccccc12. The molecule has 0 aliphatic heterocycles. The fourth-order valence-electron chi connectivity index (χ4n) is 4.00. The van der Waals surface area contributed by atoms with Gasteiger partial charge in [0, 0.05) is 50.0 Å². The first-order valence-corrected chi connectivity index (χ1v) is 10.5. The van der Waals surface area contributed by atoms with Crippen molar-refractivity contribution in [1.82, 2.24) is 20.3 Å². The number of fused-ring (bicyclic) bond motifs is 1. The van der Waals surface area contributed by atoms with Gasteiger partial charge in [-0.1, -0.05) is 12.1 Å². The van der Waals surface area contributed by atoms with Gasteiger partial charge in [0.05, 0.1) is 5.52 Å². The molecule has 1 aromatic carbocycles. The van der Waals surface area contributed by atoms with Crippen molar-refractivity contribution in [3.63, 3.8) is 0 Å². The Labute approximate surface area is 176 Å². The van der Waals surface area contributed by atoms with Crippen molar-refractivity contribution in [3.05, 3.63) is 54.4 Å². The molecule has 7 nitrogen and oxygen atoms in total. The first-order valence-electron chi connectivity index (χ1n) is 10.5. The van der Waals surface area contributed by atoms with Gasteiger partial charge < -0.3 is 15.5 Å². The lowest BCUT2D eigenvalue weighted by Crippen LogP contribution is -2.34. The third-order valence-corrected chi connectivity index (χ3v) is 5.68. The van der Waals surface area contributed by atoms with E-state index in [-0.39, 0.29) is 5.91 Å². The molecule has 1 aliphatic carbocycles. The van der Waals surface area contributed by atoms with Crippen LogP contribution in [0.2, 0.25) is 0 Å². The van der Waals surface area contributed by atoms with Gasteiger partial charge in [0.25, 0.3) is 5.91 Å². The summed E-state index contributed by atoms with van der Waals surface area (Å²) in [5, 5.41) is 7.65. The molecule has 1 aliphatic rings. The number of amides is 1. The minimum atomic E-state index is -0.0292. The summed E-state index contributed by atoms with van der Waals surface area (Å²) in [6.45, 7) is 0.713. The molecule has 0 radical (unpaired) electrons. The van der Waals surface area contributed by atoms with E-state index >= 15 is 0 Å². The monoisotopic (exact) mass is 404 g/mol. The number of aromatic nitrogens is 3. The predicted molar refractivity (Wildman–Crippen MR) is 120 cm³/mol. The minimum absolute atomic E-state index is 0.0292. The number of hydrogen-bond acceptors (Lipinski definition) is 6. The van der Waals surface area contributed by atoms with Gasteiger partial charge in [-0.3, -0.25) is 9.78 Å². The first kappa shape index (κ1) is 20.1. The van der Waals surface area contributed by atoms with Crippen LogP contribution in [0.3, 0.4) is 0 Å². The van der Waals surface area contributed by atoms with Crippen molar-refractivity contribution in [2.24, 2.45) is 5.92 Å². The lowest BCUT2D eigenvalue weighted by molar-refractivity contribution is 0.0943. The summed E-state index contributed by atoms with van der Waals surface area (Å²) in [5.41, 5.74) is 1.61. The van der Waals surface area contributed by atoms with Crippen LogP contribution in [-0.4, -0.2) is 47.5 Å². The maximum atomic E-state index is 12.2. The second-order valence-corrected chi connectivity index (χ2v) is 8.09. The fraction of sp³-hybridized carbons (Fsp3) is 0.391. The van der Waals surface area contributed by atoms with Crippen LogP contribution in [0.15, 0.2) is 48.8 Å². The van der Waals surface area contributed by atoms with Gasteiger partial charge in [-0.2, -0.15) is 4.98 Å². The minimum Gasteiger partial charge on any atom is -0.362 e. The summed E-state index contributed by atoms with van der Waals surface area (Å²) in [7, 11) is 4.01. The van der Waals surface area contributed by atoms with E-state index in [1.165, 1.54) is 0 Å². The van der Waals surface area contributed by atoms with Crippen molar-refractivity contribution < 1.29 is 4.79 Å². The molecular formula is C23H28N6O. The van der Waals surface area contributed by atoms with Crippen LogP contribution in [-0.2, 0) is 0 Å². The summed E-state index contributed by atoms with van der Waals surface area (Å²) in [6, 6.07) is 11.9. The molecule has 4 rings (SSSR count). The zero-order valence-corrected chi connectivity index (χ0v) is 17.5. The number of hydrogen-bond donors (Lipinski definition) is 2. The third kappa shape index (κ3) is 4.67. The zero-order chi connectivity index (χ0) is 20.9. The van der Waals surface area contributed by atoms with E-state index in [1.54, 1.807) is 24.5 Å². The highest BCUT2D eigenvalue weighted by Gasteiger charge is 2.23. The Morgan fingerprint density at radius 2 is 1.77 bits per heavy atom. The van der Waals surface area contributed by atoms with E-state index in [0.717, 1.165) is 42.4 Å². The Balaban J connectivity index is 1.32. The van der Waals surface area contributed by atoms with Crippen LogP contribution in [0, 0.1) is 5.92 Å². The number of rotatable bonds is 6. The fourth-order valence-corrected chi connectivity index (χ4v) is 4.00. The molecule has 2 heterocycles. The van der Waals surface area contributed by atoms with Crippen molar-refractivity contribution >= 4 is 28.6 Å². The molecule has 1 saturated carbocycles. The summed E-state index contributed by atoms with van der Waals surface area (Å²) in [6.07, 6.45) is 7.52. The molecule has 7 heteroatoms. The molecule has 0 spiro atoms. The van der Waals surface area contributed by atoms with E-state index in [0.29, 0.717) is 30.0 Å². The Morgan fingerprint density at radius 3 is 2.50 bits per heavy atom. The topological polar surface area (TPSA) is 83.0 Å². The number of carbonyl (C=O) groups excluding carboxylic acids is 1. The van der Waals surface area contributed by atoms with E-state index < -0.39 is 0 Å². The number of pyridine rings is 1. The number of nitrogens with one attached hydrogen (secondary N) is 2. The smallest absolute Gasteiger partial charge is 0.251 e. The van der Waals surface area contributed by atoms with Crippen LogP contribution in [0.5, 0.6) is 0 Å². The Hall–Kier alpha value is -3.22. The lowest BCUT2D eigenvalue weighted by atomic mass is 9.86. The van der Waals surface area contributed by atoms with Crippen molar-refractivity contribution in [3.8, 4) is 0 Å². The molecule has 2 aromatic heterocycles. The molecule has 1 amide bonds. The van der Waals surface area contributed by atoms with Crippen LogP contribution in [0.4, 0.5) is 11.8 Å². The average molecular weight is 405 g/mol. The Morgan fingerprint density at radius 1 is 1.03 bits per heavy atom. The van der Waals surface area contributed by atoms with E-state index in [2.05, 4.69) is 21.7 Å². The Bertz CT molecular complexity index is 999. The number of carbonyl (C=O) groups is 1. The van der Waals surface area contributed by atoms with Gasteiger partial charge in [-0.25, -0.2) is 4.98 Å². The molecular weight excluding hydrogens is 376 g/mol. The van der Waals surface area contributed by atoms with Gasteiger partial charge in [0.2, 0.25) is 5.95 Å². The van der Waals surface area contributed by atoms with Crippen molar-refractivity contribution in [2.45, 2.75) is 31.7 Å². The van der Waals surface area contributed by atoms with E-state index in [9.17, 15) is 4.79 Å². The lowest BCUT2D eigenvalue weighted by Gasteiger charge is -2.29. The first-order chi connectivity index (χ1) is 14.6. The molecule has 30 heavy (non-hydrogen) atoms. The summed E-state index contributed by atoms with van der Waals surface area (Å²) >= 11 is 0. The highest BCUT2D eigenvalue weighted by molar-refractivity contribution is 5.94. The standard InChI is InChI=1S/C23H28N6O/c1-29(2)21-19-5-3-4-6-20(19)27-23(28-21)26-18-9-7-16(8-10-18)15-25-22(30)17-11-13-24-14-12-17/h3-6,11-14,16,18H,7-10,15H2,1-2H3,(H,25,30)(H,26,27,28)/t16-,18+. The van der Waals surface area contributed by atoms with Gasteiger partial charge >= 0.3 is 0 Å². The summed E-state index contributed by atoms with van der Waals surface area (Å²) in [5.74, 6) is 2.09. The zero-order valence-electron chi connectivity index (χ0n) is 17.5. The molecule has 156 valence electrons. The van der Waals surface area contributed by atoms with E-state index in [4.69, 9.17) is 9.97 Å². The highest BCUT2D eigenvalue weighted by Crippen LogP contribution is 2.28. The van der Waals surface area contributed by atoms with Gasteiger partial charge in [0.15, 0.2) is 0 Å². The summed E-state index contributed by atoms with van der Waals surface area (Å²) in [4.78, 5) is 27.7. The van der Waals surface area contributed by atoms with Crippen LogP contribution in [0.25, 0.3) is 10.9 Å². The normalized spacial score (nSPS) is 18.7. The third-order valence-electron chi connectivity index (χ3n) is 5.68. The second-order valence-electron chi connectivity index (χ2n) is 8.09. The van der Waals surface area contributed by atoms with Crippen LogP contribution >= 0.6 is 0 Å². The molecule has 0 saturated heterocycles. The molecule has 0 atom stereocenters. The van der Waals surface area contributed by atoms with Gasteiger partial charge in [-0.15, -0.1) is 0 Å². The molecule has 3 aromatic rings. The molecule has 0 bridgehead atoms. The Kier molecular flexibility index (Phi) is 6.07. The number of anilines is 2. The number of benzene rings is 1. The molecule has 0 unspecified atom stereocenters. The maximum Gasteiger partial charge on any atom is 0.251 e. The second kappa shape index (κ2) is 9.07. The summed E-state index contributed by atoms with van der Waals surface area (Å²) < 4.78 is 0. The van der Waals surface area contributed by atoms with Gasteiger partial charge in [0.1, 0.15) is 5.82 Å². The van der Waals surface area contributed by atoms with Gasteiger partial charge in [-0.05, 0) is 55.9 Å². The molecule has 2 N–H and O–H groups in total. The largest absolute Gasteiger partial charge is 0.362 e. The van der Waals surface area contributed by atoms with Crippen molar-refractivity contribution in [2.75, 3.05) is 30.9 Å². The highest BCUT2D eigenvalue weighted by atomic mass is 16.1. The van der Waals surface area contributed by atoms with Crippen LogP contribution < -0.4 is 15.5 Å². The van der Waals surface area contributed by atoms with E-state index in [1.807, 2.05) is 37.2 Å². The number of nitrogens with zero attached hydrogens (tertiary/aromatic N) is 4. The maximum absolute atomic E-state index is 12.2. The quantitative estimate of drug-likeness (QED) is 0.654. The molecule has 1 fully saturated rings. The average Bonchev–Trinajstić information content (AvgIpc) is 2.78.